The first kappa shape index (κ1) is 22.8. The van der Waals surface area contributed by atoms with E-state index in [1.807, 2.05) is 0 Å². The minimum Gasteiger partial charge on any atom is -0.481 e. The number of ether oxygens (including phenoxy) is 1. The minimum atomic E-state index is -0.814. The number of carbonyl (C=O) groups is 3. The second kappa shape index (κ2) is 10.4. The van der Waals surface area contributed by atoms with E-state index in [0.29, 0.717) is 45.7 Å². The van der Waals surface area contributed by atoms with Gasteiger partial charge in [-0.15, -0.1) is 0 Å². The minimum absolute atomic E-state index is 0.130. The van der Waals surface area contributed by atoms with Crippen molar-refractivity contribution in [3.63, 3.8) is 0 Å². The van der Waals surface area contributed by atoms with Gasteiger partial charge in [0, 0.05) is 24.6 Å². The van der Waals surface area contributed by atoms with Crippen molar-refractivity contribution >= 4 is 52.2 Å². The number of furan rings is 1. The first-order valence-electron chi connectivity index (χ1n) is 9.65. The normalized spacial score (nSPS) is 15.0. The standard InChI is InChI=1S/C22H21NO6S2/c1-28-21(27)15-8-6-14(7-9-15)17-11-10-16(29-17)13-18-20(26)23(22(30)31-18)12-4-2-3-5-19(24)25/h6-11,13H,2-5,12H2,1H3,(H,24,25)/b18-13-. The summed E-state index contributed by atoms with van der Waals surface area (Å²) in [6.07, 6.45) is 3.79. The Labute approximate surface area is 189 Å². The molecule has 1 saturated heterocycles. The summed E-state index contributed by atoms with van der Waals surface area (Å²) in [7, 11) is 1.33. The van der Waals surface area contributed by atoms with E-state index in [4.69, 9.17) is 26.5 Å². The van der Waals surface area contributed by atoms with Crippen molar-refractivity contribution in [2.45, 2.75) is 25.7 Å². The number of hydrogen-bond acceptors (Lipinski definition) is 7. The molecule has 1 fully saturated rings. The van der Waals surface area contributed by atoms with Crippen LogP contribution in [0.15, 0.2) is 45.7 Å². The zero-order valence-corrected chi connectivity index (χ0v) is 18.5. The van der Waals surface area contributed by atoms with E-state index in [1.54, 1.807) is 47.4 Å². The highest BCUT2D eigenvalue weighted by Crippen LogP contribution is 2.34. The number of rotatable bonds is 9. The Kier molecular flexibility index (Phi) is 7.64. The maximum atomic E-state index is 12.7. The van der Waals surface area contributed by atoms with Crippen LogP contribution >= 0.6 is 24.0 Å². The smallest absolute Gasteiger partial charge is 0.337 e. The Morgan fingerprint density at radius 1 is 1.16 bits per heavy atom. The fourth-order valence-electron chi connectivity index (χ4n) is 3.02. The summed E-state index contributed by atoms with van der Waals surface area (Å²) in [4.78, 5) is 36.8. The molecule has 0 radical (unpaired) electrons. The largest absolute Gasteiger partial charge is 0.481 e. The molecule has 31 heavy (non-hydrogen) atoms. The number of hydrogen-bond donors (Lipinski definition) is 1. The molecule has 0 aliphatic carbocycles. The van der Waals surface area contributed by atoms with Crippen molar-refractivity contribution in [3.8, 4) is 11.3 Å². The molecule has 1 aromatic heterocycles. The third kappa shape index (κ3) is 5.83. The Bertz CT molecular complexity index is 1020. The number of thioether (sulfide) groups is 1. The molecular formula is C22H21NO6S2. The molecule has 2 heterocycles. The lowest BCUT2D eigenvalue weighted by molar-refractivity contribution is -0.137. The zero-order valence-electron chi connectivity index (χ0n) is 16.8. The molecule has 9 heteroatoms. The number of esters is 1. The maximum absolute atomic E-state index is 12.7. The number of unbranched alkanes of at least 4 members (excludes halogenated alkanes) is 2. The predicted molar refractivity (Wildman–Crippen MR) is 121 cm³/mol. The van der Waals surface area contributed by atoms with E-state index in [0.717, 1.165) is 12.0 Å². The number of thiocarbonyl (C=S) groups is 1. The molecule has 1 N–H and O–H groups in total. The summed E-state index contributed by atoms with van der Waals surface area (Å²) in [5, 5.41) is 8.68. The van der Waals surface area contributed by atoms with Crippen molar-refractivity contribution in [1.29, 1.82) is 0 Å². The lowest BCUT2D eigenvalue weighted by Crippen LogP contribution is -2.29. The lowest BCUT2D eigenvalue weighted by Gasteiger charge is -2.13. The van der Waals surface area contributed by atoms with Crippen molar-refractivity contribution in [1.82, 2.24) is 4.90 Å². The van der Waals surface area contributed by atoms with Crippen LogP contribution in [-0.2, 0) is 14.3 Å². The Hall–Kier alpha value is -2.91. The van der Waals surface area contributed by atoms with Gasteiger partial charge in [-0.3, -0.25) is 14.5 Å². The van der Waals surface area contributed by atoms with Gasteiger partial charge in [0.1, 0.15) is 15.8 Å². The molecule has 0 unspecified atom stereocenters. The molecular weight excluding hydrogens is 438 g/mol. The number of nitrogens with zero attached hydrogens (tertiary/aromatic N) is 1. The number of benzene rings is 1. The molecule has 7 nitrogen and oxygen atoms in total. The topological polar surface area (TPSA) is 97.0 Å². The van der Waals surface area contributed by atoms with Crippen LogP contribution < -0.4 is 0 Å². The van der Waals surface area contributed by atoms with Crippen LogP contribution in [0.25, 0.3) is 17.4 Å². The average Bonchev–Trinajstić information content (AvgIpc) is 3.32. The van der Waals surface area contributed by atoms with E-state index in [9.17, 15) is 14.4 Å². The second-order valence-electron chi connectivity index (χ2n) is 6.81. The van der Waals surface area contributed by atoms with Gasteiger partial charge in [0.15, 0.2) is 0 Å². The summed E-state index contributed by atoms with van der Waals surface area (Å²) in [5.41, 5.74) is 1.24. The van der Waals surface area contributed by atoms with Gasteiger partial charge in [-0.2, -0.15) is 0 Å². The molecule has 3 rings (SSSR count). The third-order valence-electron chi connectivity index (χ3n) is 4.64. The highest BCUT2D eigenvalue weighted by atomic mass is 32.2. The summed E-state index contributed by atoms with van der Waals surface area (Å²) in [6.45, 7) is 0.470. The van der Waals surface area contributed by atoms with Gasteiger partial charge < -0.3 is 14.3 Å². The van der Waals surface area contributed by atoms with Gasteiger partial charge in [0.2, 0.25) is 0 Å². The van der Waals surface area contributed by atoms with E-state index in [-0.39, 0.29) is 12.3 Å². The lowest BCUT2D eigenvalue weighted by atomic mass is 10.1. The van der Waals surface area contributed by atoms with E-state index < -0.39 is 11.9 Å². The molecule has 0 saturated carbocycles. The first-order chi connectivity index (χ1) is 14.9. The predicted octanol–water partition coefficient (Wildman–Crippen LogP) is 4.58. The Balaban J connectivity index is 1.63. The fraction of sp³-hybridized carbons (Fsp3) is 0.273. The summed E-state index contributed by atoms with van der Waals surface area (Å²) in [5.74, 6) is -0.263. The van der Waals surface area contributed by atoms with E-state index >= 15 is 0 Å². The molecule has 0 atom stereocenters. The Morgan fingerprint density at radius 3 is 2.58 bits per heavy atom. The van der Waals surface area contributed by atoms with Gasteiger partial charge in [-0.25, -0.2) is 4.79 Å². The van der Waals surface area contributed by atoms with Crippen molar-refractivity contribution < 1.29 is 28.6 Å². The fourth-order valence-corrected chi connectivity index (χ4v) is 4.31. The van der Waals surface area contributed by atoms with Crippen LogP contribution in [0.1, 0.15) is 41.8 Å². The molecule has 0 spiro atoms. The number of carboxylic acid groups (broad SMARTS) is 1. The van der Waals surface area contributed by atoms with Crippen LogP contribution in [0.4, 0.5) is 0 Å². The maximum Gasteiger partial charge on any atom is 0.337 e. The van der Waals surface area contributed by atoms with Gasteiger partial charge in [-0.1, -0.05) is 42.5 Å². The first-order valence-corrected chi connectivity index (χ1v) is 10.9. The molecule has 2 aromatic rings. The van der Waals surface area contributed by atoms with Gasteiger partial charge in [-0.05, 0) is 37.1 Å². The quantitative estimate of drug-likeness (QED) is 0.252. The summed E-state index contributed by atoms with van der Waals surface area (Å²) >= 11 is 6.54. The SMILES string of the molecule is COC(=O)c1ccc(-c2ccc(/C=C3\SC(=S)N(CCCCCC(=O)O)C3=O)o2)cc1. The van der Waals surface area contributed by atoms with Gasteiger partial charge in [0.05, 0.1) is 17.6 Å². The average molecular weight is 460 g/mol. The zero-order chi connectivity index (χ0) is 22.4. The highest BCUT2D eigenvalue weighted by Gasteiger charge is 2.31. The summed E-state index contributed by atoms with van der Waals surface area (Å²) in [6, 6.07) is 10.4. The second-order valence-corrected chi connectivity index (χ2v) is 8.48. The van der Waals surface area contributed by atoms with Crippen LogP contribution in [0.3, 0.4) is 0 Å². The number of amides is 1. The van der Waals surface area contributed by atoms with Crippen LogP contribution in [0.2, 0.25) is 0 Å². The highest BCUT2D eigenvalue weighted by molar-refractivity contribution is 8.26. The molecule has 1 aromatic carbocycles. The van der Waals surface area contributed by atoms with Crippen molar-refractivity contribution in [2.24, 2.45) is 0 Å². The summed E-state index contributed by atoms with van der Waals surface area (Å²) < 4.78 is 11.0. The van der Waals surface area contributed by atoms with Crippen LogP contribution in [0, 0.1) is 0 Å². The molecule has 1 amide bonds. The Morgan fingerprint density at radius 2 is 1.90 bits per heavy atom. The molecule has 1 aliphatic rings. The molecule has 1 aliphatic heterocycles. The van der Waals surface area contributed by atoms with Crippen molar-refractivity contribution in [2.75, 3.05) is 13.7 Å². The van der Waals surface area contributed by atoms with E-state index in [2.05, 4.69) is 0 Å². The monoisotopic (exact) mass is 459 g/mol. The molecule has 162 valence electrons. The van der Waals surface area contributed by atoms with Crippen molar-refractivity contribution in [3.05, 3.63) is 52.6 Å². The van der Waals surface area contributed by atoms with Crippen LogP contribution in [-0.4, -0.2) is 45.8 Å². The van der Waals surface area contributed by atoms with Gasteiger partial charge in [0.25, 0.3) is 5.91 Å². The number of carbonyl (C=O) groups excluding carboxylic acids is 2. The van der Waals surface area contributed by atoms with Crippen LogP contribution in [0.5, 0.6) is 0 Å². The number of aliphatic carboxylic acids is 1. The number of carboxylic acids is 1. The van der Waals surface area contributed by atoms with Gasteiger partial charge >= 0.3 is 11.9 Å². The molecule has 0 bridgehead atoms. The third-order valence-corrected chi connectivity index (χ3v) is 6.01. The number of methoxy groups -OCH3 is 1. The van der Waals surface area contributed by atoms with E-state index in [1.165, 1.54) is 18.9 Å².